The highest BCUT2D eigenvalue weighted by molar-refractivity contribution is 9.10. The van der Waals surface area contributed by atoms with Crippen LogP contribution in [0.4, 0.5) is 0 Å². The third-order valence-corrected chi connectivity index (χ3v) is 5.43. The van der Waals surface area contributed by atoms with E-state index in [9.17, 15) is 10.1 Å². The Kier molecular flexibility index (Phi) is 4.72. The third kappa shape index (κ3) is 3.06. The highest BCUT2D eigenvalue weighted by Crippen LogP contribution is 2.49. The van der Waals surface area contributed by atoms with Crippen LogP contribution in [0.25, 0.3) is 0 Å². The number of rotatable bonds is 2. The van der Waals surface area contributed by atoms with Gasteiger partial charge in [-0.3, -0.25) is 9.80 Å². The van der Waals surface area contributed by atoms with Gasteiger partial charge in [-0.15, -0.1) is 0 Å². The monoisotopic (exact) mass is 414 g/mol. The number of hydrogen-bond donors (Lipinski definition) is 1. The fourth-order valence-electron chi connectivity index (χ4n) is 3.97. The topological polar surface area (TPSA) is 73.4 Å². The minimum atomic E-state index is -0.424. The number of allylic oxidation sites excluding steroid dienone is 3. The Hall–Kier alpha value is -2.10. The molecule has 0 spiro atoms. The molecule has 0 radical (unpaired) electrons. The van der Waals surface area contributed by atoms with E-state index in [0.29, 0.717) is 23.4 Å². The van der Waals surface area contributed by atoms with Crippen LogP contribution in [-0.4, -0.2) is 29.9 Å². The molecule has 1 aromatic rings. The van der Waals surface area contributed by atoms with Crippen molar-refractivity contribution in [3.63, 3.8) is 0 Å². The van der Waals surface area contributed by atoms with Crippen LogP contribution in [0.15, 0.2) is 51.4 Å². The summed E-state index contributed by atoms with van der Waals surface area (Å²) in [6.45, 7) is 4.19. The van der Waals surface area contributed by atoms with Gasteiger partial charge in [0, 0.05) is 36.3 Å². The van der Waals surface area contributed by atoms with Crippen LogP contribution in [0, 0.1) is 16.7 Å². The molecule has 1 heterocycles. The quantitative estimate of drug-likeness (QED) is 0.798. The lowest BCUT2D eigenvalue weighted by molar-refractivity contribution is -0.119. The summed E-state index contributed by atoms with van der Waals surface area (Å²) < 4.78 is 0.909. The molecule has 0 saturated carbocycles. The molecule has 0 bridgehead atoms. The van der Waals surface area contributed by atoms with Crippen LogP contribution in [0.3, 0.4) is 0 Å². The van der Waals surface area contributed by atoms with Crippen molar-refractivity contribution in [2.45, 2.75) is 32.6 Å². The van der Waals surface area contributed by atoms with Gasteiger partial charge in [-0.2, -0.15) is 5.26 Å². The Morgan fingerprint density at radius 2 is 2.04 bits per heavy atom. The Morgan fingerprint density at radius 3 is 2.62 bits per heavy atom. The van der Waals surface area contributed by atoms with Crippen molar-refractivity contribution in [3.8, 4) is 6.07 Å². The predicted molar refractivity (Wildman–Crippen MR) is 104 cm³/mol. The van der Waals surface area contributed by atoms with Crippen LogP contribution in [0.1, 0.15) is 38.2 Å². The molecule has 3 rings (SSSR count). The van der Waals surface area contributed by atoms with E-state index in [4.69, 9.17) is 5.73 Å². The number of nitrogens with zero attached hydrogens (tertiary/aromatic N) is 3. The van der Waals surface area contributed by atoms with Gasteiger partial charge in [-0.05, 0) is 29.5 Å². The van der Waals surface area contributed by atoms with Crippen molar-refractivity contribution in [1.82, 2.24) is 10.0 Å². The molecule has 0 aromatic heterocycles. The smallest absolute Gasteiger partial charge is 0.162 e. The summed E-state index contributed by atoms with van der Waals surface area (Å²) in [5.74, 6) is 0.0624. The maximum atomic E-state index is 13.2. The lowest BCUT2D eigenvalue weighted by Gasteiger charge is -2.45. The number of carbonyl (C=O) groups is 1. The summed E-state index contributed by atoms with van der Waals surface area (Å²) in [5, 5.41) is 13.5. The van der Waals surface area contributed by atoms with Gasteiger partial charge in [-0.1, -0.05) is 41.9 Å². The molecule has 26 heavy (non-hydrogen) atoms. The standard InChI is InChI=1S/C20H23BrN4O/c1-20(2)9-15-18(16(26)10-20)17(12-6-5-7-13(21)8-12)14(11-22)19(23)25(15)24(3)4/h5-8,17H,9-10,23H2,1-4H3. The third-order valence-electron chi connectivity index (χ3n) is 4.94. The van der Waals surface area contributed by atoms with Gasteiger partial charge < -0.3 is 5.73 Å². The van der Waals surface area contributed by atoms with Gasteiger partial charge in [0.15, 0.2) is 5.78 Å². The van der Waals surface area contributed by atoms with Gasteiger partial charge in [0.1, 0.15) is 5.82 Å². The van der Waals surface area contributed by atoms with E-state index in [1.165, 1.54) is 0 Å². The van der Waals surface area contributed by atoms with E-state index in [1.807, 2.05) is 48.4 Å². The first kappa shape index (κ1) is 18.7. The zero-order valence-corrected chi connectivity index (χ0v) is 17.1. The number of halogens is 1. The average molecular weight is 415 g/mol. The molecule has 1 atom stereocenters. The number of benzene rings is 1. The van der Waals surface area contributed by atoms with Gasteiger partial charge >= 0.3 is 0 Å². The van der Waals surface area contributed by atoms with Crippen LogP contribution in [0.5, 0.6) is 0 Å². The van der Waals surface area contributed by atoms with E-state index >= 15 is 0 Å². The SMILES string of the molecule is CN(C)N1C(N)=C(C#N)C(c2cccc(Br)c2)C2=C1CC(C)(C)CC2=O. The van der Waals surface area contributed by atoms with Crippen molar-refractivity contribution >= 4 is 21.7 Å². The van der Waals surface area contributed by atoms with Crippen LogP contribution < -0.4 is 5.73 Å². The summed E-state index contributed by atoms with van der Waals surface area (Å²) in [6, 6.07) is 10.0. The molecular weight excluding hydrogens is 392 g/mol. The number of nitrogens with two attached hydrogens (primary N) is 1. The van der Waals surface area contributed by atoms with E-state index < -0.39 is 5.92 Å². The molecule has 2 aliphatic rings. The van der Waals surface area contributed by atoms with E-state index in [-0.39, 0.29) is 11.2 Å². The van der Waals surface area contributed by atoms with Crippen molar-refractivity contribution in [3.05, 3.63) is 57.0 Å². The minimum Gasteiger partial charge on any atom is -0.383 e. The largest absolute Gasteiger partial charge is 0.383 e. The summed E-state index contributed by atoms with van der Waals surface area (Å²) in [6.07, 6.45) is 1.20. The molecule has 0 saturated heterocycles. The van der Waals surface area contributed by atoms with Gasteiger partial charge in [0.2, 0.25) is 0 Å². The van der Waals surface area contributed by atoms with Crippen LogP contribution >= 0.6 is 15.9 Å². The van der Waals surface area contributed by atoms with Crippen molar-refractivity contribution < 1.29 is 4.79 Å². The molecule has 2 N–H and O–H groups in total. The predicted octanol–water partition coefficient (Wildman–Crippen LogP) is 3.66. The summed E-state index contributed by atoms with van der Waals surface area (Å²) in [5.41, 5.74) is 9.20. The summed E-state index contributed by atoms with van der Waals surface area (Å²) in [7, 11) is 3.75. The van der Waals surface area contributed by atoms with E-state index in [2.05, 4.69) is 35.8 Å². The normalized spacial score (nSPS) is 22.6. The zero-order valence-electron chi connectivity index (χ0n) is 15.5. The molecule has 1 aliphatic carbocycles. The Bertz CT molecular complexity index is 876. The number of hydrogen-bond acceptors (Lipinski definition) is 5. The number of ketones is 1. The molecule has 0 amide bonds. The highest BCUT2D eigenvalue weighted by Gasteiger charge is 2.44. The molecule has 1 unspecified atom stereocenters. The molecular formula is C20H23BrN4O. The van der Waals surface area contributed by atoms with Crippen molar-refractivity contribution in [1.29, 1.82) is 5.26 Å². The Labute approximate surface area is 162 Å². The number of hydrazine groups is 1. The fourth-order valence-corrected chi connectivity index (χ4v) is 4.39. The first-order valence-corrected chi connectivity index (χ1v) is 9.34. The number of carbonyl (C=O) groups excluding carboxylic acids is 1. The summed E-state index contributed by atoms with van der Waals surface area (Å²) >= 11 is 3.49. The molecule has 5 nitrogen and oxygen atoms in total. The van der Waals surface area contributed by atoms with Gasteiger partial charge in [0.25, 0.3) is 0 Å². The van der Waals surface area contributed by atoms with Gasteiger partial charge in [0.05, 0.1) is 17.6 Å². The maximum absolute atomic E-state index is 13.2. The first-order valence-electron chi connectivity index (χ1n) is 8.55. The minimum absolute atomic E-state index is 0.0910. The van der Waals surface area contributed by atoms with Crippen LogP contribution in [0.2, 0.25) is 0 Å². The second kappa shape index (κ2) is 6.57. The van der Waals surface area contributed by atoms with Crippen molar-refractivity contribution in [2.24, 2.45) is 11.1 Å². The fraction of sp³-hybridized carbons (Fsp3) is 0.400. The molecule has 6 heteroatoms. The van der Waals surface area contributed by atoms with Crippen LogP contribution in [-0.2, 0) is 4.79 Å². The average Bonchev–Trinajstić information content (AvgIpc) is 2.52. The van der Waals surface area contributed by atoms with E-state index in [0.717, 1.165) is 22.2 Å². The van der Waals surface area contributed by atoms with Crippen molar-refractivity contribution in [2.75, 3.05) is 14.1 Å². The van der Waals surface area contributed by atoms with Gasteiger partial charge in [-0.25, -0.2) is 5.01 Å². The lowest BCUT2D eigenvalue weighted by Crippen LogP contribution is -2.47. The zero-order chi connectivity index (χ0) is 19.2. The second-order valence-electron chi connectivity index (χ2n) is 7.86. The maximum Gasteiger partial charge on any atom is 0.162 e. The molecule has 1 aliphatic heterocycles. The number of nitriles is 1. The van der Waals surface area contributed by atoms with E-state index in [1.54, 1.807) is 0 Å². The number of Topliss-reactive ketones (excluding diaryl/α,β-unsaturated/α-hetero) is 1. The lowest BCUT2D eigenvalue weighted by atomic mass is 9.69. The second-order valence-corrected chi connectivity index (χ2v) is 8.77. The first-order chi connectivity index (χ1) is 12.2. The molecule has 136 valence electrons. The molecule has 1 aromatic carbocycles. The highest BCUT2D eigenvalue weighted by atomic mass is 79.9. The molecule has 0 fully saturated rings. The summed E-state index contributed by atoms with van der Waals surface area (Å²) in [4.78, 5) is 13.2. The Morgan fingerprint density at radius 1 is 1.35 bits per heavy atom. The Balaban J connectivity index is 2.30.